The van der Waals surface area contributed by atoms with Crippen molar-refractivity contribution in [1.82, 2.24) is 4.98 Å². The molecule has 0 unspecified atom stereocenters. The minimum Gasteiger partial charge on any atom is -0.398 e. The van der Waals surface area contributed by atoms with Crippen LogP contribution < -0.4 is 5.73 Å². The molecule has 18 heavy (non-hydrogen) atoms. The number of benzene rings is 1. The normalized spacial score (nSPS) is 10.6. The molecule has 0 aliphatic rings. The number of aromatic nitrogens is 1. The number of pyridine rings is 1. The van der Waals surface area contributed by atoms with E-state index in [1.165, 1.54) is 12.1 Å². The number of halogens is 1. The van der Waals surface area contributed by atoms with Gasteiger partial charge in [-0.15, -0.1) is 11.8 Å². The lowest BCUT2D eigenvalue weighted by Gasteiger charge is -2.09. The summed E-state index contributed by atoms with van der Waals surface area (Å²) in [5.41, 5.74) is 9.71. The molecule has 0 amide bonds. The fraction of sp³-hybridized carbons (Fsp3) is 0.214. The molecule has 1 heterocycles. The SMILES string of the molecule is Cc1cnc(CSc2cccc(F)c2)c(C)c1N. The predicted octanol–water partition coefficient (Wildman–Crippen LogP) is 3.71. The summed E-state index contributed by atoms with van der Waals surface area (Å²) in [4.78, 5) is 5.28. The van der Waals surface area contributed by atoms with Gasteiger partial charge >= 0.3 is 0 Å². The Morgan fingerprint density at radius 2 is 2.11 bits per heavy atom. The van der Waals surface area contributed by atoms with Crippen LogP contribution in [0.4, 0.5) is 10.1 Å². The molecule has 2 rings (SSSR count). The van der Waals surface area contributed by atoms with Crippen LogP contribution in [0.15, 0.2) is 35.4 Å². The van der Waals surface area contributed by atoms with Gasteiger partial charge in [0.2, 0.25) is 0 Å². The average molecular weight is 262 g/mol. The highest BCUT2D eigenvalue weighted by molar-refractivity contribution is 7.98. The largest absolute Gasteiger partial charge is 0.398 e. The zero-order valence-electron chi connectivity index (χ0n) is 10.4. The van der Waals surface area contributed by atoms with E-state index in [1.807, 2.05) is 19.9 Å². The van der Waals surface area contributed by atoms with Gasteiger partial charge in [-0.25, -0.2) is 4.39 Å². The highest BCUT2D eigenvalue weighted by atomic mass is 32.2. The number of nitrogens with two attached hydrogens (primary N) is 1. The highest BCUT2D eigenvalue weighted by Gasteiger charge is 2.07. The van der Waals surface area contributed by atoms with Crippen molar-refractivity contribution in [2.45, 2.75) is 24.5 Å². The molecule has 2 nitrogen and oxygen atoms in total. The van der Waals surface area contributed by atoms with Crippen LogP contribution in [0.3, 0.4) is 0 Å². The standard InChI is InChI=1S/C14H15FN2S/c1-9-7-17-13(10(2)14(9)16)8-18-12-5-3-4-11(15)6-12/h3-7H,8H2,1-2H3,(H2,16,17). The second kappa shape index (κ2) is 5.40. The molecule has 0 atom stereocenters. The molecule has 0 bridgehead atoms. The summed E-state index contributed by atoms with van der Waals surface area (Å²) < 4.78 is 13.0. The number of thioether (sulfide) groups is 1. The first-order chi connectivity index (χ1) is 8.58. The van der Waals surface area contributed by atoms with Crippen molar-refractivity contribution < 1.29 is 4.39 Å². The fourth-order valence-corrected chi connectivity index (χ4v) is 2.61. The smallest absolute Gasteiger partial charge is 0.124 e. The van der Waals surface area contributed by atoms with Gasteiger partial charge in [0.25, 0.3) is 0 Å². The van der Waals surface area contributed by atoms with Gasteiger partial charge < -0.3 is 5.73 Å². The topological polar surface area (TPSA) is 38.9 Å². The van der Waals surface area contributed by atoms with Crippen molar-refractivity contribution in [2.24, 2.45) is 0 Å². The van der Waals surface area contributed by atoms with E-state index in [0.717, 1.165) is 27.4 Å². The number of hydrogen-bond acceptors (Lipinski definition) is 3. The number of nitrogen functional groups attached to an aromatic ring is 1. The van der Waals surface area contributed by atoms with Gasteiger partial charge in [0, 0.05) is 22.5 Å². The Balaban J connectivity index is 2.14. The Morgan fingerprint density at radius 1 is 1.33 bits per heavy atom. The number of anilines is 1. The van der Waals surface area contributed by atoms with Crippen LogP contribution >= 0.6 is 11.8 Å². The van der Waals surface area contributed by atoms with Crippen LogP contribution in [0.2, 0.25) is 0 Å². The molecule has 0 spiro atoms. The van der Waals surface area contributed by atoms with Gasteiger partial charge in [-0.05, 0) is 43.2 Å². The van der Waals surface area contributed by atoms with Crippen LogP contribution in [0, 0.1) is 19.7 Å². The molecular formula is C14H15FN2S. The molecule has 2 aromatic rings. The van der Waals surface area contributed by atoms with Crippen molar-refractivity contribution in [3.05, 3.63) is 53.1 Å². The lowest BCUT2D eigenvalue weighted by atomic mass is 10.1. The minimum atomic E-state index is -0.215. The third kappa shape index (κ3) is 2.82. The molecule has 4 heteroatoms. The van der Waals surface area contributed by atoms with Gasteiger partial charge in [0.15, 0.2) is 0 Å². The molecule has 1 aromatic carbocycles. The summed E-state index contributed by atoms with van der Waals surface area (Å²) in [5, 5.41) is 0. The van der Waals surface area contributed by atoms with Gasteiger partial charge in [0.05, 0.1) is 5.69 Å². The quantitative estimate of drug-likeness (QED) is 0.857. The monoisotopic (exact) mass is 262 g/mol. The summed E-state index contributed by atoms with van der Waals surface area (Å²) >= 11 is 1.56. The molecule has 0 radical (unpaired) electrons. The van der Waals surface area contributed by atoms with Crippen LogP contribution in [0.1, 0.15) is 16.8 Å². The predicted molar refractivity (Wildman–Crippen MR) is 74.1 cm³/mol. The Morgan fingerprint density at radius 3 is 2.83 bits per heavy atom. The molecule has 0 fully saturated rings. The second-order valence-corrected chi connectivity index (χ2v) is 5.22. The molecule has 2 N–H and O–H groups in total. The van der Waals surface area contributed by atoms with E-state index in [9.17, 15) is 4.39 Å². The van der Waals surface area contributed by atoms with Gasteiger partial charge in [-0.1, -0.05) is 6.07 Å². The number of hydrogen-bond donors (Lipinski definition) is 1. The van der Waals surface area contributed by atoms with Crippen LogP contribution in [0.25, 0.3) is 0 Å². The molecule has 1 aromatic heterocycles. The Bertz CT molecular complexity index is 570. The maximum absolute atomic E-state index is 13.0. The van der Waals surface area contributed by atoms with Crippen molar-refractivity contribution >= 4 is 17.4 Å². The highest BCUT2D eigenvalue weighted by Crippen LogP contribution is 2.26. The zero-order chi connectivity index (χ0) is 13.1. The first-order valence-electron chi connectivity index (χ1n) is 5.67. The summed E-state index contributed by atoms with van der Waals surface area (Å²) in [7, 11) is 0. The van der Waals surface area contributed by atoms with Gasteiger partial charge in [-0.3, -0.25) is 4.98 Å². The minimum absolute atomic E-state index is 0.215. The first kappa shape index (κ1) is 12.9. The van der Waals surface area contributed by atoms with Crippen LogP contribution in [-0.4, -0.2) is 4.98 Å². The van der Waals surface area contributed by atoms with Crippen molar-refractivity contribution in [2.75, 3.05) is 5.73 Å². The fourth-order valence-electron chi connectivity index (χ4n) is 1.65. The van der Waals surface area contributed by atoms with Crippen LogP contribution in [-0.2, 0) is 5.75 Å². The molecular weight excluding hydrogens is 247 g/mol. The Labute approximate surface area is 110 Å². The van der Waals surface area contributed by atoms with E-state index >= 15 is 0 Å². The van der Waals surface area contributed by atoms with Crippen LogP contribution in [0.5, 0.6) is 0 Å². The van der Waals surface area contributed by atoms with E-state index in [-0.39, 0.29) is 5.82 Å². The van der Waals surface area contributed by atoms with E-state index in [0.29, 0.717) is 5.75 Å². The number of nitrogens with zero attached hydrogens (tertiary/aromatic N) is 1. The average Bonchev–Trinajstić information content (AvgIpc) is 2.35. The lowest BCUT2D eigenvalue weighted by Crippen LogP contribution is -2.00. The molecule has 94 valence electrons. The molecule has 0 saturated heterocycles. The maximum Gasteiger partial charge on any atom is 0.124 e. The third-order valence-electron chi connectivity index (χ3n) is 2.85. The van der Waals surface area contributed by atoms with E-state index in [4.69, 9.17) is 5.73 Å². The van der Waals surface area contributed by atoms with Gasteiger partial charge in [-0.2, -0.15) is 0 Å². The first-order valence-corrected chi connectivity index (χ1v) is 6.65. The van der Waals surface area contributed by atoms with E-state index < -0.39 is 0 Å². The second-order valence-electron chi connectivity index (χ2n) is 4.17. The molecule has 0 aliphatic heterocycles. The van der Waals surface area contributed by atoms with E-state index in [2.05, 4.69) is 4.98 Å². The third-order valence-corrected chi connectivity index (χ3v) is 3.85. The molecule has 0 aliphatic carbocycles. The summed E-state index contributed by atoms with van der Waals surface area (Å²) in [6, 6.07) is 6.57. The van der Waals surface area contributed by atoms with Crippen molar-refractivity contribution in [3.8, 4) is 0 Å². The van der Waals surface area contributed by atoms with Crippen molar-refractivity contribution in [1.29, 1.82) is 0 Å². The molecule has 0 saturated carbocycles. The van der Waals surface area contributed by atoms with Crippen molar-refractivity contribution in [3.63, 3.8) is 0 Å². The zero-order valence-corrected chi connectivity index (χ0v) is 11.2. The Hall–Kier alpha value is -1.55. The lowest BCUT2D eigenvalue weighted by molar-refractivity contribution is 0.624. The van der Waals surface area contributed by atoms with Gasteiger partial charge in [0.1, 0.15) is 5.82 Å². The number of aryl methyl sites for hydroxylation is 1. The summed E-state index contributed by atoms with van der Waals surface area (Å²) in [6.45, 7) is 3.91. The summed E-state index contributed by atoms with van der Waals surface area (Å²) in [5.74, 6) is 0.479. The summed E-state index contributed by atoms with van der Waals surface area (Å²) in [6.07, 6.45) is 1.78. The maximum atomic E-state index is 13.0. The van der Waals surface area contributed by atoms with E-state index in [1.54, 1.807) is 24.0 Å². The Kier molecular flexibility index (Phi) is 3.87. The number of rotatable bonds is 3.